The first-order valence-corrected chi connectivity index (χ1v) is 7.89. The number of hydrogen-bond donors (Lipinski definition) is 1. The van der Waals surface area contributed by atoms with Gasteiger partial charge in [0.1, 0.15) is 11.3 Å². The fourth-order valence-corrected chi connectivity index (χ4v) is 3.19. The number of hydrogen-bond acceptors (Lipinski definition) is 4. The van der Waals surface area contributed by atoms with Gasteiger partial charge in [-0.3, -0.25) is 9.69 Å². The second kappa shape index (κ2) is 5.01. The van der Waals surface area contributed by atoms with Crippen LogP contribution in [0.15, 0.2) is 30.5 Å². The standard InChI is InChI=1S/C16H12Cl2N2O3/c17-10-6-9(7-11(18)13(10)21)15(22)20-8-16(3-4-16)23-14-12(20)2-1-5-19-14/h1-2,5-7,21H,3-4,8H2. The van der Waals surface area contributed by atoms with Crippen LogP contribution in [0.3, 0.4) is 0 Å². The Morgan fingerprint density at radius 3 is 2.65 bits per heavy atom. The molecule has 5 nitrogen and oxygen atoms in total. The van der Waals surface area contributed by atoms with Crippen LogP contribution in [0.2, 0.25) is 10.0 Å². The molecule has 1 spiro atoms. The number of phenolic OH excluding ortho intramolecular Hbond substituents is 1. The summed E-state index contributed by atoms with van der Waals surface area (Å²) in [5, 5.41) is 9.74. The Kier molecular flexibility index (Phi) is 3.18. The summed E-state index contributed by atoms with van der Waals surface area (Å²) in [6, 6.07) is 6.37. The minimum Gasteiger partial charge on any atom is -0.505 e. The number of ether oxygens (including phenoxy) is 1. The summed E-state index contributed by atoms with van der Waals surface area (Å²) in [5.74, 6) is -0.0224. The Bertz CT molecular complexity index is 798. The van der Waals surface area contributed by atoms with Crippen LogP contribution >= 0.6 is 23.2 Å². The molecular formula is C16H12Cl2N2O3. The van der Waals surface area contributed by atoms with Gasteiger partial charge in [0, 0.05) is 11.8 Å². The van der Waals surface area contributed by atoms with E-state index in [4.69, 9.17) is 27.9 Å². The number of aromatic hydroxyl groups is 1. The molecule has 7 heteroatoms. The summed E-state index contributed by atoms with van der Waals surface area (Å²) in [5.41, 5.74) is 0.599. The summed E-state index contributed by atoms with van der Waals surface area (Å²) >= 11 is 11.9. The number of carbonyl (C=O) groups is 1. The highest BCUT2D eigenvalue weighted by molar-refractivity contribution is 6.37. The minimum atomic E-state index is -0.332. The molecule has 1 fully saturated rings. The first kappa shape index (κ1) is 14.6. The maximum absolute atomic E-state index is 12.9. The summed E-state index contributed by atoms with van der Waals surface area (Å²) < 4.78 is 5.92. The number of pyridine rings is 1. The van der Waals surface area contributed by atoms with E-state index in [1.807, 2.05) is 0 Å². The first-order valence-electron chi connectivity index (χ1n) is 7.13. The van der Waals surface area contributed by atoms with E-state index >= 15 is 0 Å². The van der Waals surface area contributed by atoms with Crippen molar-refractivity contribution in [1.82, 2.24) is 4.98 Å². The number of anilines is 1. The van der Waals surface area contributed by atoms with E-state index in [1.165, 1.54) is 12.1 Å². The fourth-order valence-electron chi connectivity index (χ4n) is 2.70. The number of halogens is 2. The Balaban J connectivity index is 1.76. The monoisotopic (exact) mass is 350 g/mol. The zero-order valence-electron chi connectivity index (χ0n) is 11.9. The van der Waals surface area contributed by atoms with E-state index in [0.717, 1.165) is 12.8 Å². The van der Waals surface area contributed by atoms with Crippen molar-refractivity contribution in [3.63, 3.8) is 0 Å². The van der Waals surface area contributed by atoms with E-state index in [-0.39, 0.29) is 27.3 Å². The normalized spacial score (nSPS) is 17.6. The Morgan fingerprint density at radius 1 is 1.30 bits per heavy atom. The Hall–Kier alpha value is -1.98. The highest BCUT2D eigenvalue weighted by atomic mass is 35.5. The molecule has 23 heavy (non-hydrogen) atoms. The summed E-state index contributed by atoms with van der Waals surface area (Å²) in [6.07, 6.45) is 3.42. The van der Waals surface area contributed by atoms with Crippen LogP contribution in [0.1, 0.15) is 23.2 Å². The largest absolute Gasteiger partial charge is 0.505 e. The van der Waals surface area contributed by atoms with E-state index in [9.17, 15) is 9.90 Å². The maximum Gasteiger partial charge on any atom is 0.258 e. The van der Waals surface area contributed by atoms with E-state index in [0.29, 0.717) is 23.7 Å². The lowest BCUT2D eigenvalue weighted by Gasteiger charge is -2.34. The Labute approximate surface area is 142 Å². The van der Waals surface area contributed by atoms with Gasteiger partial charge in [-0.1, -0.05) is 23.2 Å². The predicted octanol–water partition coefficient (Wildman–Crippen LogP) is 3.67. The number of aromatic nitrogens is 1. The van der Waals surface area contributed by atoms with Gasteiger partial charge in [0.25, 0.3) is 5.91 Å². The van der Waals surface area contributed by atoms with Crippen LogP contribution in [-0.2, 0) is 0 Å². The van der Waals surface area contributed by atoms with Crippen molar-refractivity contribution in [3.8, 4) is 11.6 Å². The zero-order valence-corrected chi connectivity index (χ0v) is 13.4. The van der Waals surface area contributed by atoms with Gasteiger partial charge >= 0.3 is 0 Å². The van der Waals surface area contributed by atoms with Crippen LogP contribution in [0.25, 0.3) is 0 Å². The van der Waals surface area contributed by atoms with E-state index in [1.54, 1.807) is 23.2 Å². The molecule has 2 aromatic rings. The van der Waals surface area contributed by atoms with E-state index < -0.39 is 0 Å². The van der Waals surface area contributed by atoms with Gasteiger partial charge in [-0.15, -0.1) is 0 Å². The molecule has 1 aliphatic heterocycles. The molecule has 1 aromatic heterocycles. The summed E-state index contributed by atoms with van der Waals surface area (Å²) in [4.78, 5) is 18.8. The molecule has 2 heterocycles. The molecule has 118 valence electrons. The van der Waals surface area contributed by atoms with Gasteiger partial charge in [0.05, 0.1) is 16.6 Å². The van der Waals surface area contributed by atoms with Crippen LogP contribution in [0, 0.1) is 0 Å². The zero-order chi connectivity index (χ0) is 16.2. The number of rotatable bonds is 1. The van der Waals surface area contributed by atoms with Gasteiger partial charge in [0.15, 0.2) is 5.75 Å². The number of amides is 1. The maximum atomic E-state index is 12.9. The van der Waals surface area contributed by atoms with Gasteiger partial charge in [0.2, 0.25) is 5.88 Å². The van der Waals surface area contributed by atoms with Crippen molar-refractivity contribution < 1.29 is 14.6 Å². The molecule has 0 radical (unpaired) electrons. The third-order valence-electron chi connectivity index (χ3n) is 4.12. The van der Waals surface area contributed by atoms with Crippen molar-refractivity contribution >= 4 is 34.8 Å². The molecule has 1 aromatic carbocycles. The summed E-state index contributed by atoms with van der Waals surface area (Å²) in [7, 11) is 0. The molecule has 0 unspecified atom stereocenters. The Morgan fingerprint density at radius 2 is 2.00 bits per heavy atom. The SMILES string of the molecule is O=C(c1cc(Cl)c(O)c(Cl)c1)N1CC2(CC2)Oc2ncccc21. The van der Waals surface area contributed by atoms with Crippen LogP contribution < -0.4 is 9.64 Å². The van der Waals surface area contributed by atoms with Crippen LogP contribution in [0.4, 0.5) is 5.69 Å². The number of nitrogens with zero attached hydrogens (tertiary/aromatic N) is 2. The molecule has 0 saturated heterocycles. The average Bonchev–Trinajstić information content (AvgIpc) is 3.29. The molecule has 1 saturated carbocycles. The van der Waals surface area contributed by atoms with Crippen LogP contribution in [-0.4, -0.2) is 28.1 Å². The molecule has 0 bridgehead atoms. The lowest BCUT2D eigenvalue weighted by Crippen LogP contribution is -2.45. The number of benzene rings is 1. The third kappa shape index (κ3) is 2.40. The molecule has 1 aliphatic carbocycles. The lowest BCUT2D eigenvalue weighted by atomic mass is 10.1. The molecule has 1 amide bonds. The van der Waals surface area contributed by atoms with Crippen molar-refractivity contribution in [2.24, 2.45) is 0 Å². The molecule has 1 N–H and O–H groups in total. The highest BCUT2D eigenvalue weighted by Gasteiger charge is 2.51. The van der Waals surface area contributed by atoms with Crippen molar-refractivity contribution in [2.75, 3.05) is 11.4 Å². The second-order valence-corrected chi connectivity index (χ2v) is 6.61. The summed E-state index contributed by atoms with van der Waals surface area (Å²) in [6.45, 7) is 0.459. The fraction of sp³-hybridized carbons (Fsp3) is 0.250. The van der Waals surface area contributed by atoms with Gasteiger partial charge < -0.3 is 9.84 Å². The van der Waals surface area contributed by atoms with Gasteiger partial charge in [-0.2, -0.15) is 0 Å². The smallest absolute Gasteiger partial charge is 0.258 e. The molecule has 0 atom stereocenters. The second-order valence-electron chi connectivity index (χ2n) is 5.79. The van der Waals surface area contributed by atoms with Gasteiger partial charge in [-0.05, 0) is 37.1 Å². The predicted molar refractivity (Wildman–Crippen MR) is 86.6 cm³/mol. The van der Waals surface area contributed by atoms with Crippen molar-refractivity contribution in [2.45, 2.75) is 18.4 Å². The molecule has 2 aliphatic rings. The number of carbonyl (C=O) groups excluding carboxylic acids is 1. The van der Waals surface area contributed by atoms with Crippen molar-refractivity contribution in [1.29, 1.82) is 0 Å². The number of phenols is 1. The third-order valence-corrected chi connectivity index (χ3v) is 4.69. The topological polar surface area (TPSA) is 62.7 Å². The van der Waals surface area contributed by atoms with Gasteiger partial charge in [-0.25, -0.2) is 4.98 Å². The van der Waals surface area contributed by atoms with Crippen LogP contribution in [0.5, 0.6) is 11.6 Å². The number of fused-ring (bicyclic) bond motifs is 1. The quantitative estimate of drug-likeness (QED) is 0.852. The minimum absolute atomic E-state index is 0.0432. The average molecular weight is 351 g/mol. The molecular weight excluding hydrogens is 339 g/mol. The van der Waals surface area contributed by atoms with Crippen molar-refractivity contribution in [3.05, 3.63) is 46.1 Å². The highest BCUT2D eigenvalue weighted by Crippen LogP contribution is 2.47. The first-order chi connectivity index (χ1) is 11.0. The van der Waals surface area contributed by atoms with E-state index in [2.05, 4.69) is 4.98 Å². The lowest BCUT2D eigenvalue weighted by molar-refractivity contribution is 0.0938. The molecule has 4 rings (SSSR count).